The zero-order chi connectivity index (χ0) is 18.6. The lowest BCUT2D eigenvalue weighted by molar-refractivity contribution is 0.0698. The Morgan fingerprint density at radius 2 is 2.00 bits per heavy atom. The standard InChI is InChI=1S/C19H18FN5O2/c20-16-5-3-15(4-6-16)19(26)24-8-9-25-18(11-24)17(22-23-25)13-27-12-14-2-1-7-21-10-14/h1-7,10H,8-9,11-13H2. The third kappa shape index (κ3) is 3.85. The molecule has 0 spiro atoms. The number of aromatic nitrogens is 4. The number of fused-ring (bicyclic) bond motifs is 1. The second kappa shape index (κ2) is 7.63. The monoisotopic (exact) mass is 367 g/mol. The van der Waals surface area contributed by atoms with Crippen LogP contribution in [0.25, 0.3) is 0 Å². The first-order valence-corrected chi connectivity index (χ1v) is 8.63. The Labute approximate surface area is 155 Å². The summed E-state index contributed by atoms with van der Waals surface area (Å²) in [6, 6.07) is 9.38. The normalized spacial score (nSPS) is 13.4. The maximum atomic E-state index is 13.1. The lowest BCUT2D eigenvalue weighted by atomic mass is 10.1. The highest BCUT2D eigenvalue weighted by molar-refractivity contribution is 5.94. The summed E-state index contributed by atoms with van der Waals surface area (Å²) in [5.74, 6) is -0.495. The summed E-state index contributed by atoms with van der Waals surface area (Å²) in [4.78, 5) is 18.4. The fourth-order valence-corrected chi connectivity index (χ4v) is 3.01. The average Bonchev–Trinajstić information content (AvgIpc) is 3.11. The van der Waals surface area contributed by atoms with Crippen LogP contribution in [-0.4, -0.2) is 37.3 Å². The molecule has 4 rings (SSSR count). The number of nitrogens with zero attached hydrogens (tertiary/aromatic N) is 5. The number of carbonyl (C=O) groups excluding carboxylic acids is 1. The highest BCUT2D eigenvalue weighted by atomic mass is 19.1. The largest absolute Gasteiger partial charge is 0.370 e. The maximum Gasteiger partial charge on any atom is 0.254 e. The zero-order valence-corrected chi connectivity index (χ0v) is 14.6. The van der Waals surface area contributed by atoms with Crippen LogP contribution in [-0.2, 0) is 31.0 Å². The molecule has 0 N–H and O–H groups in total. The number of ether oxygens (including phenoxy) is 1. The van der Waals surface area contributed by atoms with Gasteiger partial charge in [0.2, 0.25) is 0 Å². The Morgan fingerprint density at radius 1 is 1.15 bits per heavy atom. The lowest BCUT2D eigenvalue weighted by Gasteiger charge is -2.27. The van der Waals surface area contributed by atoms with Crippen molar-refractivity contribution in [2.75, 3.05) is 6.54 Å². The molecule has 0 fully saturated rings. The Kier molecular flexibility index (Phi) is 4.88. The van der Waals surface area contributed by atoms with Crippen LogP contribution < -0.4 is 0 Å². The van der Waals surface area contributed by atoms with Gasteiger partial charge in [-0.2, -0.15) is 0 Å². The summed E-state index contributed by atoms with van der Waals surface area (Å²) in [7, 11) is 0. The van der Waals surface area contributed by atoms with Gasteiger partial charge in [0.25, 0.3) is 5.91 Å². The molecule has 0 radical (unpaired) electrons. The molecule has 1 aromatic carbocycles. The van der Waals surface area contributed by atoms with Crippen molar-refractivity contribution in [2.24, 2.45) is 0 Å². The Morgan fingerprint density at radius 3 is 2.78 bits per heavy atom. The number of amides is 1. The number of benzene rings is 1. The van der Waals surface area contributed by atoms with Crippen molar-refractivity contribution in [3.8, 4) is 0 Å². The lowest BCUT2D eigenvalue weighted by Crippen LogP contribution is -2.38. The number of halogens is 1. The highest BCUT2D eigenvalue weighted by Crippen LogP contribution is 2.18. The predicted molar refractivity (Wildman–Crippen MR) is 93.9 cm³/mol. The first-order chi connectivity index (χ1) is 13.2. The minimum atomic E-state index is -0.361. The number of hydrogen-bond donors (Lipinski definition) is 0. The number of pyridine rings is 1. The third-order valence-electron chi connectivity index (χ3n) is 4.45. The van der Waals surface area contributed by atoms with Crippen molar-refractivity contribution in [1.29, 1.82) is 0 Å². The molecule has 1 aliphatic heterocycles. The van der Waals surface area contributed by atoms with Crippen molar-refractivity contribution in [3.05, 3.63) is 77.1 Å². The summed E-state index contributed by atoms with van der Waals surface area (Å²) in [5.41, 5.74) is 3.02. The van der Waals surface area contributed by atoms with Gasteiger partial charge in [0.15, 0.2) is 0 Å². The van der Waals surface area contributed by atoms with Crippen LogP contribution in [0.4, 0.5) is 4.39 Å². The maximum absolute atomic E-state index is 13.1. The van der Waals surface area contributed by atoms with Crippen molar-refractivity contribution in [1.82, 2.24) is 24.9 Å². The quantitative estimate of drug-likeness (QED) is 0.691. The van der Waals surface area contributed by atoms with Gasteiger partial charge in [-0.25, -0.2) is 9.07 Å². The molecular weight excluding hydrogens is 349 g/mol. The van der Waals surface area contributed by atoms with Gasteiger partial charge in [0.05, 0.1) is 32.0 Å². The van der Waals surface area contributed by atoms with Crippen LogP contribution in [0.2, 0.25) is 0 Å². The van der Waals surface area contributed by atoms with E-state index in [1.54, 1.807) is 22.0 Å². The van der Waals surface area contributed by atoms with Crippen LogP contribution in [0, 0.1) is 5.82 Å². The minimum absolute atomic E-state index is 0.135. The van der Waals surface area contributed by atoms with Gasteiger partial charge in [-0.15, -0.1) is 5.10 Å². The summed E-state index contributed by atoms with van der Waals surface area (Å²) >= 11 is 0. The molecule has 7 nitrogen and oxygen atoms in total. The molecular formula is C19H18FN5O2. The SMILES string of the molecule is O=C(c1ccc(F)cc1)N1CCn2nnc(COCc3cccnc3)c2C1. The number of rotatable bonds is 5. The fourth-order valence-electron chi connectivity index (χ4n) is 3.01. The molecule has 3 heterocycles. The smallest absolute Gasteiger partial charge is 0.254 e. The summed E-state index contributed by atoms with van der Waals surface area (Å²) in [6.45, 7) is 2.23. The highest BCUT2D eigenvalue weighted by Gasteiger charge is 2.25. The van der Waals surface area contributed by atoms with Crippen LogP contribution in [0.5, 0.6) is 0 Å². The van der Waals surface area contributed by atoms with Crippen LogP contribution >= 0.6 is 0 Å². The van der Waals surface area contributed by atoms with E-state index in [2.05, 4.69) is 15.3 Å². The molecule has 0 atom stereocenters. The van der Waals surface area contributed by atoms with E-state index in [4.69, 9.17) is 4.74 Å². The molecule has 27 heavy (non-hydrogen) atoms. The van der Waals surface area contributed by atoms with E-state index in [1.807, 2.05) is 12.1 Å². The second-order valence-electron chi connectivity index (χ2n) is 6.29. The van der Waals surface area contributed by atoms with E-state index in [-0.39, 0.29) is 11.7 Å². The minimum Gasteiger partial charge on any atom is -0.370 e. The molecule has 138 valence electrons. The summed E-state index contributed by atoms with van der Waals surface area (Å²) in [5, 5.41) is 8.34. The molecule has 0 unspecified atom stereocenters. The van der Waals surface area contributed by atoms with Gasteiger partial charge < -0.3 is 9.64 Å². The molecule has 0 aliphatic carbocycles. The fraction of sp³-hybridized carbons (Fsp3) is 0.263. The molecule has 2 aromatic heterocycles. The van der Waals surface area contributed by atoms with Gasteiger partial charge in [0.1, 0.15) is 11.5 Å². The predicted octanol–water partition coefficient (Wildman–Crippen LogP) is 2.19. The zero-order valence-electron chi connectivity index (χ0n) is 14.6. The summed E-state index contributed by atoms with van der Waals surface area (Å²) < 4.78 is 20.6. The molecule has 0 saturated carbocycles. The van der Waals surface area contributed by atoms with Crippen molar-refractivity contribution >= 4 is 5.91 Å². The van der Waals surface area contributed by atoms with E-state index in [9.17, 15) is 9.18 Å². The van der Waals surface area contributed by atoms with Gasteiger partial charge in [0, 0.05) is 24.5 Å². The van der Waals surface area contributed by atoms with E-state index in [1.165, 1.54) is 24.3 Å². The Hall–Kier alpha value is -3.13. The Balaban J connectivity index is 1.42. The molecule has 0 saturated heterocycles. The third-order valence-corrected chi connectivity index (χ3v) is 4.45. The van der Waals surface area contributed by atoms with Gasteiger partial charge >= 0.3 is 0 Å². The molecule has 1 aliphatic rings. The first kappa shape index (κ1) is 17.3. The molecule has 0 bridgehead atoms. The molecule has 1 amide bonds. The average molecular weight is 367 g/mol. The van der Waals surface area contributed by atoms with E-state index < -0.39 is 0 Å². The van der Waals surface area contributed by atoms with Crippen LogP contribution in [0.1, 0.15) is 27.3 Å². The van der Waals surface area contributed by atoms with Gasteiger partial charge in [-0.05, 0) is 35.9 Å². The number of hydrogen-bond acceptors (Lipinski definition) is 5. The van der Waals surface area contributed by atoms with Crippen LogP contribution in [0.15, 0.2) is 48.8 Å². The first-order valence-electron chi connectivity index (χ1n) is 8.63. The number of carbonyl (C=O) groups is 1. The van der Waals surface area contributed by atoms with Gasteiger partial charge in [-0.3, -0.25) is 9.78 Å². The molecule has 3 aromatic rings. The van der Waals surface area contributed by atoms with Crippen molar-refractivity contribution in [3.63, 3.8) is 0 Å². The topological polar surface area (TPSA) is 73.1 Å². The molecule has 8 heteroatoms. The van der Waals surface area contributed by atoms with Crippen LogP contribution in [0.3, 0.4) is 0 Å². The van der Waals surface area contributed by atoms with Gasteiger partial charge in [-0.1, -0.05) is 11.3 Å². The summed E-state index contributed by atoms with van der Waals surface area (Å²) in [6.07, 6.45) is 3.47. The van der Waals surface area contributed by atoms with Crippen molar-refractivity contribution in [2.45, 2.75) is 26.3 Å². The van der Waals surface area contributed by atoms with E-state index in [0.29, 0.717) is 38.4 Å². The van der Waals surface area contributed by atoms with E-state index >= 15 is 0 Å². The van der Waals surface area contributed by atoms with Crippen molar-refractivity contribution < 1.29 is 13.9 Å². The second-order valence-corrected chi connectivity index (χ2v) is 6.29. The Bertz CT molecular complexity index is 927. The van der Waals surface area contributed by atoms with E-state index in [0.717, 1.165) is 17.0 Å².